The van der Waals surface area contributed by atoms with Gasteiger partial charge >= 0.3 is 12.7 Å². The van der Waals surface area contributed by atoms with E-state index in [2.05, 4.69) is 6.58 Å². The minimum Gasteiger partial charge on any atom is -0.619 e. The van der Waals surface area contributed by atoms with Gasteiger partial charge in [-0.3, -0.25) is 9.69 Å². The van der Waals surface area contributed by atoms with Crippen LogP contribution >= 0.6 is 0 Å². The molecule has 0 saturated carbocycles. The maximum Gasteiger partial charge on any atom is 0.570 e. The third-order valence-corrected chi connectivity index (χ3v) is 3.82. The molecule has 0 spiro atoms. The van der Waals surface area contributed by atoms with Crippen LogP contribution in [0.5, 0.6) is 0 Å². The number of hydrogen-bond donors (Lipinski definition) is 0. The molecule has 1 aliphatic heterocycles. The number of carbonyl (C=O) groups excluding carboxylic acids is 1. The molecule has 7 heteroatoms. The van der Waals surface area contributed by atoms with Gasteiger partial charge in [-0.15, -0.1) is 6.58 Å². The van der Waals surface area contributed by atoms with E-state index in [-0.39, 0.29) is 11.9 Å². The number of carbonyl (C=O) groups is 1. The van der Waals surface area contributed by atoms with Crippen molar-refractivity contribution in [1.29, 1.82) is 0 Å². The predicted octanol–water partition coefficient (Wildman–Crippen LogP) is 1.44. The van der Waals surface area contributed by atoms with Crippen LogP contribution in [-0.2, 0) is 9.45 Å². The first-order valence-corrected chi connectivity index (χ1v) is 6.98. The van der Waals surface area contributed by atoms with E-state index in [4.69, 9.17) is 4.65 Å². The first kappa shape index (κ1) is 16.2. The summed E-state index contributed by atoms with van der Waals surface area (Å²) in [5.41, 5.74) is -1.55. The van der Waals surface area contributed by atoms with Gasteiger partial charge in [0.1, 0.15) is 0 Å². The minimum absolute atomic E-state index is 0.179. The monoisotopic (exact) mass is 308 g/mol. The van der Waals surface area contributed by atoms with Crippen molar-refractivity contribution in [2.75, 3.05) is 14.1 Å². The fourth-order valence-corrected chi connectivity index (χ4v) is 2.71. The van der Waals surface area contributed by atoms with Crippen molar-refractivity contribution in [2.24, 2.45) is 0 Å². The van der Waals surface area contributed by atoms with Gasteiger partial charge in [-0.1, -0.05) is 24.3 Å². The van der Waals surface area contributed by atoms with Crippen LogP contribution in [-0.4, -0.2) is 48.1 Å². The highest BCUT2D eigenvalue weighted by Gasteiger charge is 2.60. The van der Waals surface area contributed by atoms with Crippen LogP contribution in [0.4, 0.5) is 8.71 Å². The summed E-state index contributed by atoms with van der Waals surface area (Å²) in [6.45, 7) is 1.66. The van der Waals surface area contributed by atoms with Gasteiger partial charge < -0.3 is 13.5 Å². The summed E-state index contributed by atoms with van der Waals surface area (Å²) in [7, 11) is 3.38. The molecule has 0 radical (unpaired) electrons. The van der Waals surface area contributed by atoms with Crippen molar-refractivity contribution in [1.82, 2.24) is 4.90 Å². The van der Waals surface area contributed by atoms with Crippen molar-refractivity contribution in [2.45, 2.75) is 18.9 Å². The van der Waals surface area contributed by atoms with Gasteiger partial charge in [-0.2, -0.15) is 0 Å². The molecule has 1 aliphatic rings. The molecule has 22 heavy (non-hydrogen) atoms. The third-order valence-electron chi connectivity index (χ3n) is 3.82. The zero-order chi connectivity index (χ0) is 16.5. The molecule has 0 bridgehead atoms. The van der Waals surface area contributed by atoms with E-state index in [9.17, 15) is 9.18 Å². The minimum atomic E-state index is -3.50. The highest BCUT2D eigenvalue weighted by molar-refractivity contribution is 6.76. The third kappa shape index (κ3) is 2.40. The summed E-state index contributed by atoms with van der Waals surface area (Å²) >= 11 is 0. The second-order valence-electron chi connectivity index (χ2n) is 5.83. The Kier molecular flexibility index (Phi) is 4.09. The van der Waals surface area contributed by atoms with E-state index in [1.54, 1.807) is 25.9 Å². The average molecular weight is 308 g/mol. The number of halogens is 2. The van der Waals surface area contributed by atoms with Crippen LogP contribution in [0.15, 0.2) is 36.9 Å². The largest absolute Gasteiger partial charge is 0.619 e. The van der Waals surface area contributed by atoms with Crippen LogP contribution in [0, 0.1) is 5.82 Å². The van der Waals surface area contributed by atoms with Crippen molar-refractivity contribution >= 4 is 24.5 Å². The summed E-state index contributed by atoms with van der Waals surface area (Å²) in [5.74, 6) is -1.49. The predicted molar refractivity (Wildman–Crippen MR) is 82.2 cm³/mol. The lowest BCUT2D eigenvalue weighted by Crippen LogP contribution is -2.58. The van der Waals surface area contributed by atoms with E-state index >= 15 is 4.32 Å². The van der Waals surface area contributed by atoms with Gasteiger partial charge in [0, 0.05) is 6.42 Å². The lowest BCUT2D eigenvalue weighted by Gasteiger charge is -2.31. The second kappa shape index (κ2) is 5.55. The molecule has 4 nitrogen and oxygen atoms in total. The highest BCUT2D eigenvalue weighted by atomic mass is 19.1. The topological polar surface area (TPSA) is 32.6 Å². The highest BCUT2D eigenvalue weighted by Crippen LogP contribution is 2.33. The molecule has 1 aromatic rings. The Morgan fingerprint density at radius 3 is 2.64 bits per heavy atom. The number of benzene rings is 1. The summed E-state index contributed by atoms with van der Waals surface area (Å²) in [6.07, 6.45) is 3.11. The van der Waals surface area contributed by atoms with Crippen LogP contribution in [0.2, 0.25) is 0 Å². The molecular weight excluding hydrogens is 289 g/mol. The van der Waals surface area contributed by atoms with E-state index in [0.29, 0.717) is 0 Å². The van der Waals surface area contributed by atoms with Crippen molar-refractivity contribution in [3.05, 3.63) is 42.7 Å². The molecule has 1 unspecified atom stereocenters. The molecular formula is C15H19BF2N2O2. The molecule has 0 aliphatic carbocycles. The van der Waals surface area contributed by atoms with Gasteiger partial charge in [-0.25, -0.2) is 4.39 Å². The Balaban J connectivity index is 2.68. The van der Waals surface area contributed by atoms with E-state index in [1.165, 1.54) is 30.6 Å². The van der Waals surface area contributed by atoms with Gasteiger partial charge in [-0.05, 0) is 18.5 Å². The van der Waals surface area contributed by atoms with Gasteiger partial charge in [0.25, 0.3) is 0 Å². The zero-order valence-electron chi connectivity index (χ0n) is 12.9. The maximum atomic E-state index is 15.6. The van der Waals surface area contributed by atoms with Crippen molar-refractivity contribution < 1.29 is 22.6 Å². The first-order chi connectivity index (χ1) is 10.3. The maximum absolute atomic E-state index is 15.6. The Morgan fingerprint density at radius 1 is 1.45 bits per heavy atom. The molecule has 1 aromatic carbocycles. The lowest BCUT2D eigenvalue weighted by atomic mass is 9.65. The molecule has 2 atom stereocenters. The summed E-state index contributed by atoms with van der Waals surface area (Å²) in [6, 6.07) is 5.40. The van der Waals surface area contributed by atoms with Gasteiger partial charge in [0.2, 0.25) is 0 Å². The summed E-state index contributed by atoms with van der Waals surface area (Å²) in [4.78, 5) is 13.9. The lowest BCUT2D eigenvalue weighted by molar-refractivity contribution is -0.474. The summed E-state index contributed by atoms with van der Waals surface area (Å²) < 4.78 is 35.9. The van der Waals surface area contributed by atoms with E-state index < -0.39 is 24.1 Å². The SMILES string of the molecule is C=CC[C@@]1(C)C(=O)O[B-](F)(c2ccccc2F)/[N+]1=C\N(C)C. The molecule has 1 heterocycles. The normalized spacial score (nSPS) is 29.5. The average Bonchev–Trinajstić information content (AvgIpc) is 2.61. The second-order valence-corrected chi connectivity index (χ2v) is 5.83. The smallest absolute Gasteiger partial charge is 0.570 e. The number of nitrogens with zero attached hydrogens (tertiary/aromatic N) is 2. The van der Waals surface area contributed by atoms with Gasteiger partial charge in [0.15, 0.2) is 11.9 Å². The quantitative estimate of drug-likeness (QED) is 0.479. The Bertz CT molecular complexity index is 650. The Morgan fingerprint density at radius 2 is 2.09 bits per heavy atom. The summed E-state index contributed by atoms with van der Waals surface area (Å²) in [5, 5.41) is 0. The fourth-order valence-electron chi connectivity index (χ4n) is 2.71. The van der Waals surface area contributed by atoms with Crippen molar-refractivity contribution in [3.8, 4) is 0 Å². The zero-order valence-corrected chi connectivity index (χ0v) is 12.9. The number of rotatable bonds is 4. The first-order valence-electron chi connectivity index (χ1n) is 6.98. The van der Waals surface area contributed by atoms with Crippen LogP contribution < -0.4 is 5.46 Å². The van der Waals surface area contributed by atoms with Crippen LogP contribution in [0.1, 0.15) is 13.3 Å². The standard InChI is InChI=1S/C15H19BF2N2O2/c1-5-10-15(2)14(21)22-16(18,20(15)11-19(3)4)12-8-6-7-9-13(12)17/h5-9,11H,1,10H2,2-4H3/b20-11-/t15-,16?/m0/s1. The fraction of sp³-hybridized carbons (Fsp3) is 0.333. The Labute approximate surface area is 128 Å². The van der Waals surface area contributed by atoms with E-state index in [1.807, 2.05) is 0 Å². The van der Waals surface area contributed by atoms with E-state index in [0.717, 1.165) is 10.6 Å². The molecule has 1 fully saturated rings. The Hall–Kier alpha value is -2.18. The van der Waals surface area contributed by atoms with Crippen LogP contribution in [0.3, 0.4) is 0 Å². The van der Waals surface area contributed by atoms with Gasteiger partial charge in [0.05, 0.1) is 19.9 Å². The number of hydrogen-bond acceptors (Lipinski definition) is 2. The van der Waals surface area contributed by atoms with Crippen LogP contribution in [0.25, 0.3) is 0 Å². The van der Waals surface area contributed by atoms with Crippen molar-refractivity contribution in [3.63, 3.8) is 0 Å². The molecule has 1 saturated heterocycles. The molecule has 0 N–H and O–H groups in total. The molecule has 0 aromatic heterocycles. The molecule has 0 amide bonds. The molecule has 118 valence electrons. The molecule has 2 rings (SSSR count).